The fourth-order valence-corrected chi connectivity index (χ4v) is 3.51. The summed E-state index contributed by atoms with van der Waals surface area (Å²) in [5, 5.41) is 11.5. The number of aryl methyl sites for hydroxylation is 1. The first-order valence-electron chi connectivity index (χ1n) is 8.98. The smallest absolute Gasteiger partial charge is 0.296 e. The Kier molecular flexibility index (Phi) is 4.55. The molecule has 0 radical (unpaired) electrons. The van der Waals surface area contributed by atoms with Crippen LogP contribution in [-0.4, -0.2) is 37.4 Å². The van der Waals surface area contributed by atoms with Crippen LogP contribution in [0.3, 0.4) is 0 Å². The zero-order valence-corrected chi connectivity index (χ0v) is 15.3. The molecule has 0 unspecified atom stereocenters. The summed E-state index contributed by atoms with van der Waals surface area (Å²) in [6.45, 7) is 1.66. The molecule has 0 aliphatic heterocycles. The standard InChI is InChI=1S/C20H21N5O2/c1-3-4-20(26)23-16-5-6-17(10-16)27-19-9-14(15-11-22-24(2)12-15)13-25-18(19)7-8-21-25/h7-9,11-13,16-17H,5-6,10H2,1-2H3,(H,23,26)/t16-,17+/m0/s1. The summed E-state index contributed by atoms with van der Waals surface area (Å²) < 4.78 is 9.90. The predicted octanol–water partition coefficient (Wildman–Crippen LogP) is 2.17. The third kappa shape index (κ3) is 3.65. The van der Waals surface area contributed by atoms with Crippen molar-refractivity contribution in [1.29, 1.82) is 0 Å². The molecule has 3 aromatic heterocycles. The van der Waals surface area contributed by atoms with E-state index >= 15 is 0 Å². The highest BCUT2D eigenvalue weighted by Gasteiger charge is 2.27. The lowest BCUT2D eigenvalue weighted by molar-refractivity contribution is -0.116. The molecule has 0 aromatic carbocycles. The molecule has 0 saturated heterocycles. The van der Waals surface area contributed by atoms with Crippen LogP contribution >= 0.6 is 0 Å². The lowest BCUT2D eigenvalue weighted by Crippen LogP contribution is -2.32. The van der Waals surface area contributed by atoms with E-state index in [0.717, 1.165) is 41.7 Å². The molecule has 1 N–H and O–H groups in total. The van der Waals surface area contributed by atoms with Crippen LogP contribution in [-0.2, 0) is 11.8 Å². The van der Waals surface area contributed by atoms with Crippen molar-refractivity contribution < 1.29 is 9.53 Å². The molecule has 1 saturated carbocycles. The maximum atomic E-state index is 11.7. The van der Waals surface area contributed by atoms with Gasteiger partial charge in [0.2, 0.25) is 0 Å². The summed E-state index contributed by atoms with van der Waals surface area (Å²) in [6, 6.07) is 4.07. The van der Waals surface area contributed by atoms with Gasteiger partial charge in [-0.05, 0) is 37.8 Å². The van der Waals surface area contributed by atoms with E-state index < -0.39 is 0 Å². The second-order valence-corrected chi connectivity index (χ2v) is 6.76. The van der Waals surface area contributed by atoms with Gasteiger partial charge in [0.05, 0.1) is 12.4 Å². The van der Waals surface area contributed by atoms with Gasteiger partial charge in [0.1, 0.15) is 17.4 Å². The van der Waals surface area contributed by atoms with Crippen LogP contribution in [0.25, 0.3) is 16.6 Å². The molecule has 0 spiro atoms. The Morgan fingerprint density at radius 2 is 2.19 bits per heavy atom. The van der Waals surface area contributed by atoms with E-state index in [2.05, 4.69) is 27.4 Å². The van der Waals surface area contributed by atoms with E-state index in [4.69, 9.17) is 4.74 Å². The number of aromatic nitrogens is 4. The van der Waals surface area contributed by atoms with Gasteiger partial charge in [0.25, 0.3) is 5.91 Å². The number of fused-ring (bicyclic) bond motifs is 1. The average Bonchev–Trinajstić information content (AvgIpc) is 3.36. The lowest BCUT2D eigenvalue weighted by atomic mass is 10.1. The van der Waals surface area contributed by atoms with Gasteiger partial charge in [-0.25, -0.2) is 4.52 Å². The molecule has 1 aliphatic carbocycles. The molecule has 1 aliphatic rings. The molecule has 3 heterocycles. The topological polar surface area (TPSA) is 73.5 Å². The molecule has 2 atom stereocenters. The predicted molar refractivity (Wildman–Crippen MR) is 101 cm³/mol. The van der Waals surface area contributed by atoms with E-state index in [-0.39, 0.29) is 18.1 Å². The van der Waals surface area contributed by atoms with Gasteiger partial charge in [-0.3, -0.25) is 9.48 Å². The quantitative estimate of drug-likeness (QED) is 0.721. The number of carbonyl (C=O) groups is 1. The van der Waals surface area contributed by atoms with Crippen molar-refractivity contribution in [3.63, 3.8) is 0 Å². The molecule has 4 rings (SSSR count). The SMILES string of the molecule is CC#CC(=O)N[C@H]1CC[C@@H](Oc2cc(-c3cnn(C)c3)cn3nccc23)C1. The van der Waals surface area contributed by atoms with Gasteiger partial charge < -0.3 is 10.1 Å². The molecule has 27 heavy (non-hydrogen) atoms. The van der Waals surface area contributed by atoms with Crippen molar-refractivity contribution in [2.24, 2.45) is 7.05 Å². The second-order valence-electron chi connectivity index (χ2n) is 6.76. The summed E-state index contributed by atoms with van der Waals surface area (Å²) in [4.78, 5) is 11.7. The molecule has 138 valence electrons. The normalized spacial score (nSPS) is 18.9. The molecule has 0 bridgehead atoms. The number of carbonyl (C=O) groups excluding carboxylic acids is 1. The zero-order valence-electron chi connectivity index (χ0n) is 15.3. The Balaban J connectivity index is 1.54. The Morgan fingerprint density at radius 3 is 2.96 bits per heavy atom. The van der Waals surface area contributed by atoms with Crippen molar-refractivity contribution in [1.82, 2.24) is 24.7 Å². The lowest BCUT2D eigenvalue weighted by Gasteiger charge is -2.16. The van der Waals surface area contributed by atoms with Crippen molar-refractivity contribution in [3.8, 4) is 28.7 Å². The minimum Gasteiger partial charge on any atom is -0.488 e. The highest BCUT2D eigenvalue weighted by atomic mass is 16.5. The minimum absolute atomic E-state index is 0.0488. The number of hydrogen-bond donors (Lipinski definition) is 1. The van der Waals surface area contributed by atoms with Crippen LogP contribution in [0.5, 0.6) is 5.75 Å². The van der Waals surface area contributed by atoms with E-state index in [0.29, 0.717) is 0 Å². The Bertz CT molecular complexity index is 1040. The van der Waals surface area contributed by atoms with Crippen LogP contribution in [0.15, 0.2) is 36.9 Å². The van der Waals surface area contributed by atoms with Crippen LogP contribution in [0.1, 0.15) is 26.2 Å². The molecular weight excluding hydrogens is 342 g/mol. The van der Waals surface area contributed by atoms with Gasteiger partial charge in [-0.2, -0.15) is 10.2 Å². The monoisotopic (exact) mass is 363 g/mol. The molecular formula is C20H21N5O2. The Morgan fingerprint density at radius 1 is 1.30 bits per heavy atom. The summed E-state index contributed by atoms with van der Waals surface area (Å²) in [5.41, 5.74) is 2.93. The number of rotatable bonds is 4. The van der Waals surface area contributed by atoms with E-state index in [1.54, 1.807) is 17.8 Å². The molecule has 7 nitrogen and oxygen atoms in total. The maximum Gasteiger partial charge on any atom is 0.296 e. The van der Waals surface area contributed by atoms with Gasteiger partial charge in [-0.1, -0.05) is 5.92 Å². The number of nitrogens with one attached hydrogen (secondary N) is 1. The summed E-state index contributed by atoms with van der Waals surface area (Å²) in [7, 11) is 1.89. The highest BCUT2D eigenvalue weighted by molar-refractivity contribution is 5.93. The third-order valence-corrected chi connectivity index (χ3v) is 4.76. The first-order valence-corrected chi connectivity index (χ1v) is 8.98. The maximum absolute atomic E-state index is 11.7. The Labute approximate surface area is 157 Å². The first kappa shape index (κ1) is 17.2. The fraction of sp³-hybridized carbons (Fsp3) is 0.350. The minimum atomic E-state index is -0.222. The van der Waals surface area contributed by atoms with Gasteiger partial charge in [0.15, 0.2) is 0 Å². The van der Waals surface area contributed by atoms with E-state index in [1.807, 2.05) is 42.3 Å². The van der Waals surface area contributed by atoms with Crippen molar-refractivity contribution in [2.75, 3.05) is 0 Å². The zero-order chi connectivity index (χ0) is 18.8. The van der Waals surface area contributed by atoms with Crippen LogP contribution < -0.4 is 10.1 Å². The number of amides is 1. The number of nitrogens with zero attached hydrogens (tertiary/aromatic N) is 4. The van der Waals surface area contributed by atoms with Gasteiger partial charge in [-0.15, -0.1) is 0 Å². The Hall–Kier alpha value is -3.27. The summed E-state index contributed by atoms with van der Waals surface area (Å²) in [5.74, 6) is 5.72. The van der Waals surface area contributed by atoms with Crippen LogP contribution in [0, 0.1) is 11.8 Å². The fourth-order valence-electron chi connectivity index (χ4n) is 3.51. The van der Waals surface area contributed by atoms with Crippen molar-refractivity contribution in [3.05, 3.63) is 36.9 Å². The summed E-state index contributed by atoms with van der Waals surface area (Å²) in [6.07, 6.45) is 10.1. The molecule has 1 amide bonds. The van der Waals surface area contributed by atoms with E-state index in [1.165, 1.54) is 0 Å². The van der Waals surface area contributed by atoms with Crippen molar-refractivity contribution >= 4 is 11.4 Å². The second kappa shape index (κ2) is 7.16. The molecule has 3 aromatic rings. The van der Waals surface area contributed by atoms with Crippen molar-refractivity contribution in [2.45, 2.75) is 38.3 Å². The molecule has 1 fully saturated rings. The van der Waals surface area contributed by atoms with Crippen LogP contribution in [0.4, 0.5) is 0 Å². The highest BCUT2D eigenvalue weighted by Crippen LogP contribution is 2.31. The van der Waals surface area contributed by atoms with Gasteiger partial charge >= 0.3 is 0 Å². The third-order valence-electron chi connectivity index (χ3n) is 4.76. The van der Waals surface area contributed by atoms with E-state index in [9.17, 15) is 4.79 Å². The first-order chi connectivity index (χ1) is 13.1. The number of pyridine rings is 1. The largest absolute Gasteiger partial charge is 0.488 e. The number of ether oxygens (including phenoxy) is 1. The molecule has 7 heteroatoms. The number of hydrogen-bond acceptors (Lipinski definition) is 4. The van der Waals surface area contributed by atoms with Gasteiger partial charge in [0, 0.05) is 43.0 Å². The van der Waals surface area contributed by atoms with Crippen LogP contribution in [0.2, 0.25) is 0 Å². The summed E-state index contributed by atoms with van der Waals surface area (Å²) >= 11 is 0. The average molecular weight is 363 g/mol.